The summed E-state index contributed by atoms with van der Waals surface area (Å²) >= 11 is 0. The molecular weight excluding hydrogens is 426 g/mol. The van der Waals surface area contributed by atoms with Gasteiger partial charge in [-0.3, -0.25) is 14.4 Å². The maximum atomic E-state index is 12.5. The Balaban J connectivity index is 1.54. The zero-order chi connectivity index (χ0) is 23.8. The summed E-state index contributed by atoms with van der Waals surface area (Å²) in [5.74, 6) is -1.78. The van der Waals surface area contributed by atoms with Crippen molar-refractivity contribution in [1.82, 2.24) is 10.6 Å². The Morgan fingerprint density at radius 2 is 1.88 bits per heavy atom. The molecule has 33 heavy (non-hydrogen) atoms. The molecular formula is C23H27N5O5. The summed E-state index contributed by atoms with van der Waals surface area (Å²) in [5, 5.41) is 8.11. The topological polar surface area (TPSA) is 143 Å². The van der Waals surface area contributed by atoms with Crippen LogP contribution in [0.3, 0.4) is 0 Å². The molecule has 2 aromatic carbocycles. The lowest BCUT2D eigenvalue weighted by atomic mass is 10.1. The Bertz CT molecular complexity index is 1010. The number of esters is 1. The fourth-order valence-corrected chi connectivity index (χ4v) is 3.43. The molecule has 2 aromatic rings. The Kier molecular flexibility index (Phi) is 7.98. The molecule has 3 rings (SSSR count). The first-order valence-corrected chi connectivity index (χ1v) is 10.5. The molecule has 0 spiro atoms. The van der Waals surface area contributed by atoms with Gasteiger partial charge < -0.3 is 31.3 Å². The van der Waals surface area contributed by atoms with Gasteiger partial charge in [-0.15, -0.1) is 0 Å². The number of carbonyl (C=O) groups is 4. The molecule has 10 heteroatoms. The lowest BCUT2D eigenvalue weighted by molar-refractivity contribution is -0.142. The molecule has 1 heterocycles. The van der Waals surface area contributed by atoms with Crippen molar-refractivity contribution in [2.75, 3.05) is 30.4 Å². The number of methoxy groups -OCH3 is 1. The minimum atomic E-state index is -0.969. The number of anilines is 2. The molecule has 0 aromatic heterocycles. The molecule has 1 saturated heterocycles. The second kappa shape index (κ2) is 11.1. The van der Waals surface area contributed by atoms with Crippen molar-refractivity contribution in [3.63, 3.8) is 0 Å². The first kappa shape index (κ1) is 23.7. The van der Waals surface area contributed by atoms with E-state index in [1.54, 1.807) is 24.3 Å². The predicted octanol–water partition coefficient (Wildman–Crippen LogP) is 0.978. The zero-order valence-electron chi connectivity index (χ0n) is 18.2. The Morgan fingerprint density at radius 3 is 2.61 bits per heavy atom. The van der Waals surface area contributed by atoms with Crippen molar-refractivity contribution >= 4 is 35.2 Å². The summed E-state index contributed by atoms with van der Waals surface area (Å²) in [5.41, 5.74) is 7.69. The predicted molar refractivity (Wildman–Crippen MR) is 122 cm³/mol. The van der Waals surface area contributed by atoms with Gasteiger partial charge in [0.15, 0.2) is 0 Å². The van der Waals surface area contributed by atoms with E-state index >= 15 is 0 Å². The number of ether oxygens (including phenoxy) is 1. The van der Waals surface area contributed by atoms with Gasteiger partial charge in [0.25, 0.3) is 0 Å². The number of hydrogen-bond donors (Lipinski definition) is 4. The molecule has 0 aliphatic carbocycles. The van der Waals surface area contributed by atoms with Crippen LogP contribution >= 0.6 is 0 Å². The SMILES string of the molecule is COC(=O)[C@@H](N)CNC(=O)C1CC(=O)N(c2cccc(NC(=O)NCc3ccccc3)c2)C1. The van der Waals surface area contributed by atoms with Crippen LogP contribution in [0, 0.1) is 5.92 Å². The number of benzene rings is 2. The largest absolute Gasteiger partial charge is 0.468 e. The molecule has 1 unspecified atom stereocenters. The molecule has 0 bridgehead atoms. The van der Waals surface area contributed by atoms with Crippen molar-refractivity contribution in [3.8, 4) is 0 Å². The summed E-state index contributed by atoms with van der Waals surface area (Å²) in [6, 6.07) is 15.0. The summed E-state index contributed by atoms with van der Waals surface area (Å²) < 4.78 is 4.53. The quantitative estimate of drug-likeness (QED) is 0.439. The van der Waals surface area contributed by atoms with Gasteiger partial charge in [-0.25, -0.2) is 4.79 Å². The highest BCUT2D eigenvalue weighted by Crippen LogP contribution is 2.27. The highest BCUT2D eigenvalue weighted by molar-refractivity contribution is 6.01. The fourth-order valence-electron chi connectivity index (χ4n) is 3.43. The summed E-state index contributed by atoms with van der Waals surface area (Å²) in [6.45, 7) is 0.489. The third-order valence-electron chi connectivity index (χ3n) is 5.21. The number of nitrogens with two attached hydrogens (primary N) is 1. The molecule has 5 N–H and O–H groups in total. The van der Waals surface area contributed by atoms with Crippen LogP contribution in [0.15, 0.2) is 54.6 Å². The van der Waals surface area contributed by atoms with Gasteiger partial charge in [0.1, 0.15) is 6.04 Å². The van der Waals surface area contributed by atoms with Gasteiger partial charge in [0.05, 0.1) is 13.0 Å². The molecule has 174 valence electrons. The molecule has 4 amide bonds. The van der Waals surface area contributed by atoms with E-state index in [-0.39, 0.29) is 37.4 Å². The Labute approximate surface area is 191 Å². The van der Waals surface area contributed by atoms with E-state index in [1.807, 2.05) is 30.3 Å². The van der Waals surface area contributed by atoms with E-state index in [2.05, 4.69) is 20.7 Å². The van der Waals surface area contributed by atoms with Crippen molar-refractivity contribution in [2.45, 2.75) is 19.0 Å². The minimum absolute atomic E-state index is 0.0362. The van der Waals surface area contributed by atoms with Gasteiger partial charge in [-0.1, -0.05) is 36.4 Å². The second-order valence-corrected chi connectivity index (χ2v) is 7.62. The van der Waals surface area contributed by atoms with Crippen molar-refractivity contribution < 1.29 is 23.9 Å². The Morgan fingerprint density at radius 1 is 1.12 bits per heavy atom. The van der Waals surface area contributed by atoms with Crippen LogP contribution in [0.1, 0.15) is 12.0 Å². The lowest BCUT2D eigenvalue weighted by Crippen LogP contribution is -2.45. The molecule has 1 aliphatic rings. The smallest absolute Gasteiger partial charge is 0.324 e. The van der Waals surface area contributed by atoms with Crippen LogP contribution in [-0.4, -0.2) is 50.1 Å². The van der Waals surface area contributed by atoms with Crippen molar-refractivity contribution in [2.24, 2.45) is 11.7 Å². The molecule has 0 saturated carbocycles. The first-order chi connectivity index (χ1) is 15.9. The number of amides is 4. The van der Waals surface area contributed by atoms with E-state index in [1.165, 1.54) is 12.0 Å². The number of rotatable bonds is 8. The minimum Gasteiger partial charge on any atom is -0.468 e. The third-order valence-corrected chi connectivity index (χ3v) is 5.21. The van der Waals surface area contributed by atoms with Crippen LogP contribution in [0.2, 0.25) is 0 Å². The molecule has 10 nitrogen and oxygen atoms in total. The maximum Gasteiger partial charge on any atom is 0.324 e. The molecule has 1 fully saturated rings. The van der Waals surface area contributed by atoms with Crippen LogP contribution in [-0.2, 0) is 25.7 Å². The average molecular weight is 453 g/mol. The first-order valence-electron chi connectivity index (χ1n) is 10.5. The number of urea groups is 1. The van der Waals surface area contributed by atoms with E-state index < -0.39 is 17.9 Å². The van der Waals surface area contributed by atoms with Gasteiger partial charge >= 0.3 is 12.0 Å². The highest BCUT2D eigenvalue weighted by atomic mass is 16.5. The van der Waals surface area contributed by atoms with Gasteiger partial charge in [0, 0.05) is 37.4 Å². The van der Waals surface area contributed by atoms with E-state index in [0.717, 1.165) is 5.56 Å². The monoisotopic (exact) mass is 453 g/mol. The second-order valence-electron chi connectivity index (χ2n) is 7.62. The molecule has 0 radical (unpaired) electrons. The van der Waals surface area contributed by atoms with E-state index in [9.17, 15) is 19.2 Å². The molecule has 1 aliphatic heterocycles. The summed E-state index contributed by atoms with van der Waals surface area (Å²) in [6.07, 6.45) is 0.0362. The fraction of sp³-hybridized carbons (Fsp3) is 0.304. The number of nitrogens with one attached hydrogen (secondary N) is 3. The zero-order valence-corrected chi connectivity index (χ0v) is 18.2. The third kappa shape index (κ3) is 6.53. The van der Waals surface area contributed by atoms with Crippen LogP contribution in [0.5, 0.6) is 0 Å². The standard InChI is InChI=1S/C23H27N5O5/c1-33-22(31)19(24)13-25-21(30)16-10-20(29)28(14-16)18-9-5-8-17(11-18)27-23(32)26-12-15-6-3-2-4-7-15/h2-9,11,16,19H,10,12-14,24H2,1H3,(H,25,30)(H2,26,27,32)/t16?,19-/m0/s1. The number of hydrogen-bond acceptors (Lipinski definition) is 6. The van der Waals surface area contributed by atoms with Crippen molar-refractivity contribution in [1.29, 1.82) is 0 Å². The lowest BCUT2D eigenvalue weighted by Gasteiger charge is -2.18. The van der Waals surface area contributed by atoms with E-state index in [0.29, 0.717) is 17.9 Å². The van der Waals surface area contributed by atoms with Crippen LogP contribution in [0.4, 0.5) is 16.2 Å². The normalized spacial score (nSPS) is 16.1. The van der Waals surface area contributed by atoms with Gasteiger partial charge in [-0.2, -0.15) is 0 Å². The van der Waals surface area contributed by atoms with Crippen LogP contribution < -0.4 is 26.6 Å². The highest BCUT2D eigenvalue weighted by Gasteiger charge is 2.35. The van der Waals surface area contributed by atoms with E-state index in [4.69, 9.17) is 5.73 Å². The maximum absolute atomic E-state index is 12.5. The summed E-state index contributed by atoms with van der Waals surface area (Å²) in [7, 11) is 1.22. The molecule has 2 atom stereocenters. The van der Waals surface area contributed by atoms with Crippen LogP contribution in [0.25, 0.3) is 0 Å². The number of carbonyl (C=O) groups excluding carboxylic acids is 4. The van der Waals surface area contributed by atoms with Gasteiger partial charge in [0.2, 0.25) is 11.8 Å². The number of nitrogens with zero attached hydrogens (tertiary/aromatic N) is 1. The Hall–Kier alpha value is -3.92. The van der Waals surface area contributed by atoms with Gasteiger partial charge in [-0.05, 0) is 23.8 Å². The van der Waals surface area contributed by atoms with Crippen molar-refractivity contribution in [3.05, 3.63) is 60.2 Å². The summed E-state index contributed by atoms with van der Waals surface area (Å²) in [4.78, 5) is 50.0. The average Bonchev–Trinajstić information content (AvgIpc) is 3.23.